The van der Waals surface area contributed by atoms with E-state index in [9.17, 15) is 4.79 Å². The largest absolute Gasteiger partial charge is 0.335 e. The van der Waals surface area contributed by atoms with E-state index in [1.807, 2.05) is 29.2 Å². The van der Waals surface area contributed by atoms with E-state index in [1.54, 1.807) is 6.07 Å². The predicted molar refractivity (Wildman–Crippen MR) is 82.4 cm³/mol. The number of hydrogen-bond acceptors (Lipinski definition) is 3. The number of amides is 1. The number of carbonyl (C=O) groups is 1. The molecule has 1 aromatic carbocycles. The predicted octanol–water partition coefficient (Wildman–Crippen LogP) is 2.16. The summed E-state index contributed by atoms with van der Waals surface area (Å²) in [7, 11) is 0. The average Bonchev–Trinajstić information content (AvgIpc) is 2.96. The van der Waals surface area contributed by atoms with Crippen LogP contribution in [0.3, 0.4) is 0 Å². The number of halogens is 1. The van der Waals surface area contributed by atoms with Crippen molar-refractivity contribution in [2.24, 2.45) is 0 Å². The number of hydrogen-bond donors (Lipinski definition) is 2. The Bertz CT molecular complexity index is 655. The molecule has 0 spiro atoms. The normalized spacial score (nSPS) is 18.8. The summed E-state index contributed by atoms with van der Waals surface area (Å²) >= 11 is 6.16. The molecule has 1 fully saturated rings. The van der Waals surface area contributed by atoms with Crippen LogP contribution in [0.2, 0.25) is 5.02 Å². The highest BCUT2D eigenvalue weighted by Gasteiger charge is 2.23. The molecular formula is C15H17ClN4O. The number of aromatic nitrogens is 2. The Morgan fingerprint density at radius 1 is 1.43 bits per heavy atom. The summed E-state index contributed by atoms with van der Waals surface area (Å²) < 4.78 is 0. The maximum atomic E-state index is 12.5. The molecule has 1 aromatic heterocycles. The Labute approximate surface area is 128 Å². The van der Waals surface area contributed by atoms with Gasteiger partial charge in [-0.05, 0) is 19.1 Å². The lowest BCUT2D eigenvalue weighted by Gasteiger charge is -2.31. The molecule has 2 N–H and O–H groups in total. The maximum absolute atomic E-state index is 12.5. The lowest BCUT2D eigenvalue weighted by atomic mass is 10.1. The van der Waals surface area contributed by atoms with Gasteiger partial charge in [0, 0.05) is 31.2 Å². The molecule has 2 aromatic rings. The minimum absolute atomic E-state index is 0.0193. The molecule has 1 unspecified atom stereocenters. The quantitative estimate of drug-likeness (QED) is 0.894. The molecule has 0 saturated carbocycles. The van der Waals surface area contributed by atoms with Gasteiger partial charge in [-0.3, -0.25) is 9.89 Å². The first-order chi connectivity index (χ1) is 10.1. The van der Waals surface area contributed by atoms with Gasteiger partial charge < -0.3 is 10.2 Å². The topological polar surface area (TPSA) is 61.0 Å². The molecule has 110 valence electrons. The zero-order chi connectivity index (χ0) is 14.8. The first-order valence-electron chi connectivity index (χ1n) is 6.98. The zero-order valence-corrected chi connectivity index (χ0v) is 12.5. The molecule has 1 aliphatic heterocycles. The maximum Gasteiger partial charge on any atom is 0.271 e. The van der Waals surface area contributed by atoms with Gasteiger partial charge in [0.15, 0.2) is 0 Å². The van der Waals surface area contributed by atoms with Crippen LogP contribution in [0.1, 0.15) is 17.4 Å². The molecule has 1 saturated heterocycles. The van der Waals surface area contributed by atoms with Gasteiger partial charge in [-0.15, -0.1) is 0 Å². The van der Waals surface area contributed by atoms with Gasteiger partial charge in [0.1, 0.15) is 5.69 Å². The second-order valence-electron chi connectivity index (χ2n) is 5.25. The smallest absolute Gasteiger partial charge is 0.271 e. The summed E-state index contributed by atoms with van der Waals surface area (Å²) in [4.78, 5) is 14.3. The third kappa shape index (κ3) is 2.94. The standard InChI is InChI=1S/C15H17ClN4O/c1-10-9-20(7-6-17-10)15(21)14-8-13(18-19-14)11-4-2-3-5-12(11)16/h2-5,8,10,17H,6-7,9H2,1H3,(H,18,19). The number of rotatable bonds is 2. The molecule has 0 aliphatic carbocycles. The molecule has 0 bridgehead atoms. The van der Waals surface area contributed by atoms with Crippen molar-refractivity contribution in [2.75, 3.05) is 19.6 Å². The lowest BCUT2D eigenvalue weighted by molar-refractivity contribution is 0.0703. The van der Waals surface area contributed by atoms with Gasteiger partial charge in [-0.25, -0.2) is 0 Å². The van der Waals surface area contributed by atoms with Crippen LogP contribution in [0.4, 0.5) is 0 Å². The van der Waals surface area contributed by atoms with Crippen molar-refractivity contribution in [1.29, 1.82) is 0 Å². The van der Waals surface area contributed by atoms with E-state index in [1.165, 1.54) is 0 Å². The van der Waals surface area contributed by atoms with Crippen LogP contribution in [0.15, 0.2) is 30.3 Å². The van der Waals surface area contributed by atoms with Crippen LogP contribution in [0.5, 0.6) is 0 Å². The fourth-order valence-corrected chi connectivity index (χ4v) is 2.76. The van der Waals surface area contributed by atoms with Gasteiger partial charge in [0.05, 0.1) is 10.7 Å². The second-order valence-corrected chi connectivity index (χ2v) is 5.66. The fraction of sp³-hybridized carbons (Fsp3) is 0.333. The highest BCUT2D eigenvalue weighted by molar-refractivity contribution is 6.33. The first-order valence-corrected chi connectivity index (χ1v) is 7.36. The minimum atomic E-state index is -0.0193. The Morgan fingerprint density at radius 3 is 3.00 bits per heavy atom. The van der Waals surface area contributed by atoms with Gasteiger partial charge in [-0.1, -0.05) is 29.8 Å². The Kier molecular flexibility index (Phi) is 3.94. The molecule has 2 heterocycles. The Morgan fingerprint density at radius 2 is 2.24 bits per heavy atom. The van der Waals surface area contributed by atoms with Crippen molar-refractivity contribution in [2.45, 2.75) is 13.0 Å². The van der Waals surface area contributed by atoms with Crippen molar-refractivity contribution >= 4 is 17.5 Å². The molecule has 1 amide bonds. The van der Waals surface area contributed by atoms with Crippen molar-refractivity contribution in [1.82, 2.24) is 20.4 Å². The van der Waals surface area contributed by atoms with Gasteiger partial charge in [0.25, 0.3) is 5.91 Å². The SMILES string of the molecule is CC1CN(C(=O)c2cc(-c3ccccc3Cl)n[nH]2)CCN1. The number of piperazine rings is 1. The molecule has 1 atom stereocenters. The number of aromatic amines is 1. The van der Waals surface area contributed by atoms with Crippen LogP contribution in [-0.4, -0.2) is 46.7 Å². The van der Waals surface area contributed by atoms with Crippen molar-refractivity contribution in [3.05, 3.63) is 41.0 Å². The number of benzene rings is 1. The first kappa shape index (κ1) is 14.1. The van der Waals surface area contributed by atoms with Crippen molar-refractivity contribution in [3.63, 3.8) is 0 Å². The highest BCUT2D eigenvalue weighted by atomic mass is 35.5. The van der Waals surface area contributed by atoms with Crippen LogP contribution >= 0.6 is 11.6 Å². The Balaban J connectivity index is 1.82. The van der Waals surface area contributed by atoms with Gasteiger partial charge in [0.2, 0.25) is 0 Å². The van der Waals surface area contributed by atoms with Crippen molar-refractivity contribution < 1.29 is 4.79 Å². The van der Waals surface area contributed by atoms with E-state index in [4.69, 9.17) is 11.6 Å². The molecule has 5 nitrogen and oxygen atoms in total. The molecular weight excluding hydrogens is 288 g/mol. The van der Waals surface area contributed by atoms with Crippen LogP contribution in [0.25, 0.3) is 11.3 Å². The van der Waals surface area contributed by atoms with Crippen LogP contribution < -0.4 is 5.32 Å². The van der Waals surface area contributed by atoms with Crippen LogP contribution in [0, 0.1) is 0 Å². The van der Waals surface area contributed by atoms with E-state index in [0.29, 0.717) is 35.5 Å². The third-order valence-electron chi connectivity index (χ3n) is 3.61. The Hall–Kier alpha value is -1.85. The van der Waals surface area contributed by atoms with E-state index in [2.05, 4.69) is 22.4 Å². The zero-order valence-electron chi connectivity index (χ0n) is 11.8. The second kappa shape index (κ2) is 5.87. The number of H-pyrrole nitrogens is 1. The van der Waals surface area contributed by atoms with E-state index < -0.39 is 0 Å². The summed E-state index contributed by atoms with van der Waals surface area (Å²) in [6, 6.07) is 9.54. The molecule has 3 rings (SSSR count). The minimum Gasteiger partial charge on any atom is -0.335 e. The summed E-state index contributed by atoms with van der Waals surface area (Å²) in [5.74, 6) is -0.0193. The van der Waals surface area contributed by atoms with Crippen molar-refractivity contribution in [3.8, 4) is 11.3 Å². The highest BCUT2D eigenvalue weighted by Crippen LogP contribution is 2.26. The number of carbonyl (C=O) groups excluding carboxylic acids is 1. The third-order valence-corrected chi connectivity index (χ3v) is 3.94. The van der Waals surface area contributed by atoms with Gasteiger partial charge in [-0.2, -0.15) is 5.10 Å². The van der Waals surface area contributed by atoms with E-state index in [0.717, 1.165) is 12.1 Å². The van der Waals surface area contributed by atoms with E-state index >= 15 is 0 Å². The summed E-state index contributed by atoms with van der Waals surface area (Å²) in [6.07, 6.45) is 0. The molecule has 6 heteroatoms. The average molecular weight is 305 g/mol. The monoisotopic (exact) mass is 304 g/mol. The fourth-order valence-electron chi connectivity index (χ4n) is 2.53. The number of nitrogens with zero attached hydrogens (tertiary/aromatic N) is 2. The molecule has 1 aliphatic rings. The summed E-state index contributed by atoms with van der Waals surface area (Å²) in [6.45, 7) is 4.31. The molecule has 0 radical (unpaired) electrons. The summed E-state index contributed by atoms with van der Waals surface area (Å²) in [5.41, 5.74) is 2.01. The lowest BCUT2D eigenvalue weighted by Crippen LogP contribution is -2.51. The van der Waals surface area contributed by atoms with Crippen LogP contribution in [-0.2, 0) is 0 Å². The van der Waals surface area contributed by atoms with Gasteiger partial charge >= 0.3 is 0 Å². The van der Waals surface area contributed by atoms with E-state index in [-0.39, 0.29) is 5.91 Å². The summed E-state index contributed by atoms with van der Waals surface area (Å²) in [5, 5.41) is 11.0. The number of nitrogens with one attached hydrogen (secondary N) is 2. The molecule has 21 heavy (non-hydrogen) atoms.